The van der Waals surface area contributed by atoms with Gasteiger partial charge in [0.2, 0.25) is 0 Å². The van der Waals surface area contributed by atoms with Gasteiger partial charge in [-0.2, -0.15) is 9.50 Å². The number of para-hydroxylation sites is 1. The third-order valence-corrected chi connectivity index (χ3v) is 6.36. The topological polar surface area (TPSA) is 92.2 Å². The first-order valence-corrected chi connectivity index (χ1v) is 11.7. The average molecular weight is 468 g/mol. The van der Waals surface area contributed by atoms with Crippen molar-refractivity contribution in [1.29, 1.82) is 0 Å². The van der Waals surface area contributed by atoms with E-state index in [0.717, 1.165) is 16.0 Å². The molecule has 0 aliphatic carbocycles. The maximum atomic E-state index is 12.7. The van der Waals surface area contributed by atoms with Crippen molar-refractivity contribution in [1.82, 2.24) is 19.6 Å². The summed E-state index contributed by atoms with van der Waals surface area (Å²) in [6, 6.07) is 26.1. The average Bonchev–Trinajstić information content (AvgIpc) is 3.29. The first kappa shape index (κ1) is 21.7. The fourth-order valence-corrected chi connectivity index (χ4v) is 4.37. The Morgan fingerprint density at radius 1 is 0.971 bits per heavy atom. The van der Waals surface area contributed by atoms with Crippen LogP contribution in [0.3, 0.4) is 0 Å². The minimum Gasteiger partial charge on any atom is -0.321 e. The van der Waals surface area contributed by atoms with Crippen LogP contribution in [-0.2, 0) is 5.75 Å². The fourth-order valence-electron chi connectivity index (χ4n) is 3.47. The molecule has 0 aliphatic heterocycles. The summed E-state index contributed by atoms with van der Waals surface area (Å²) < 4.78 is 1.34. The van der Waals surface area contributed by atoms with E-state index in [4.69, 9.17) is 0 Å². The normalized spacial score (nSPS) is 11.0. The number of hydrogen-bond donors (Lipinski definition) is 2. The molecule has 8 heteroatoms. The monoisotopic (exact) mass is 467 g/mol. The van der Waals surface area contributed by atoms with Gasteiger partial charge in [0, 0.05) is 27.8 Å². The molecule has 5 aromatic rings. The number of H-pyrrole nitrogens is 1. The molecule has 0 spiro atoms. The van der Waals surface area contributed by atoms with Crippen LogP contribution in [-0.4, -0.2) is 25.5 Å². The first-order chi connectivity index (χ1) is 16.6. The summed E-state index contributed by atoms with van der Waals surface area (Å²) in [6.45, 7) is 1.98. The highest BCUT2D eigenvalue weighted by molar-refractivity contribution is 7.98. The van der Waals surface area contributed by atoms with Crippen LogP contribution in [0.15, 0.2) is 94.6 Å². The number of aromatic nitrogens is 4. The molecule has 34 heavy (non-hydrogen) atoms. The van der Waals surface area contributed by atoms with E-state index in [2.05, 4.69) is 20.4 Å². The summed E-state index contributed by atoms with van der Waals surface area (Å²) in [4.78, 5) is 35.2. The smallest absolute Gasteiger partial charge is 0.274 e. The molecule has 0 unspecified atom stereocenters. The number of thioether (sulfide) groups is 1. The zero-order valence-electron chi connectivity index (χ0n) is 18.4. The second-order valence-electron chi connectivity index (χ2n) is 7.76. The summed E-state index contributed by atoms with van der Waals surface area (Å²) >= 11 is 1.50. The van der Waals surface area contributed by atoms with Gasteiger partial charge >= 0.3 is 0 Å². The lowest BCUT2D eigenvalue weighted by Crippen LogP contribution is -2.15. The van der Waals surface area contributed by atoms with Crippen molar-refractivity contribution in [3.63, 3.8) is 0 Å². The number of nitrogens with zero attached hydrogens (tertiary/aromatic N) is 3. The van der Waals surface area contributed by atoms with Crippen LogP contribution in [0.25, 0.3) is 17.2 Å². The van der Waals surface area contributed by atoms with Crippen LogP contribution in [0.2, 0.25) is 0 Å². The van der Waals surface area contributed by atoms with E-state index < -0.39 is 0 Å². The number of rotatable bonds is 6. The Labute approximate surface area is 199 Å². The number of benzene rings is 3. The SMILES string of the molecule is Cc1ccc(C(=O)Nc2ccccc2SCc2cc(=O)n3[nH]c(-c4ccccc4)nc3n2)cc1. The van der Waals surface area contributed by atoms with Crippen LogP contribution in [0, 0.1) is 6.92 Å². The number of carbonyl (C=O) groups is 1. The Balaban J connectivity index is 1.35. The molecule has 5 rings (SSSR count). The molecule has 3 aromatic carbocycles. The highest BCUT2D eigenvalue weighted by Crippen LogP contribution is 2.29. The molecule has 0 fully saturated rings. The fraction of sp³-hybridized carbons (Fsp3) is 0.0769. The Morgan fingerprint density at radius 2 is 1.71 bits per heavy atom. The Morgan fingerprint density at radius 3 is 2.50 bits per heavy atom. The number of anilines is 1. The minimum atomic E-state index is -0.226. The predicted octanol–water partition coefficient (Wildman–Crippen LogP) is 4.94. The van der Waals surface area contributed by atoms with Crippen LogP contribution >= 0.6 is 11.8 Å². The van der Waals surface area contributed by atoms with Crippen LogP contribution in [0.5, 0.6) is 0 Å². The van der Waals surface area contributed by atoms with Gasteiger partial charge < -0.3 is 5.32 Å². The number of fused-ring (bicyclic) bond motifs is 1. The highest BCUT2D eigenvalue weighted by Gasteiger charge is 2.12. The third kappa shape index (κ3) is 4.62. The quantitative estimate of drug-likeness (QED) is 0.345. The third-order valence-electron chi connectivity index (χ3n) is 5.26. The summed E-state index contributed by atoms with van der Waals surface area (Å²) in [5, 5.41) is 5.99. The summed E-state index contributed by atoms with van der Waals surface area (Å²) in [5.74, 6) is 1.19. The van der Waals surface area contributed by atoms with E-state index in [1.165, 1.54) is 22.3 Å². The molecule has 0 saturated heterocycles. The van der Waals surface area contributed by atoms with Gasteiger partial charge in [0.25, 0.3) is 17.2 Å². The second-order valence-corrected chi connectivity index (χ2v) is 8.78. The lowest BCUT2D eigenvalue weighted by molar-refractivity contribution is 0.102. The van der Waals surface area contributed by atoms with Crippen molar-refractivity contribution in [2.75, 3.05) is 5.32 Å². The molecule has 2 aromatic heterocycles. The van der Waals surface area contributed by atoms with E-state index >= 15 is 0 Å². The lowest BCUT2D eigenvalue weighted by atomic mass is 10.1. The Kier molecular flexibility index (Phi) is 5.97. The van der Waals surface area contributed by atoms with E-state index in [1.54, 1.807) is 12.1 Å². The van der Waals surface area contributed by atoms with E-state index in [-0.39, 0.29) is 11.5 Å². The van der Waals surface area contributed by atoms with Gasteiger partial charge in [-0.1, -0.05) is 60.2 Å². The molecular formula is C26H21N5O2S. The molecule has 168 valence electrons. The van der Waals surface area contributed by atoms with Crippen molar-refractivity contribution < 1.29 is 4.79 Å². The predicted molar refractivity (Wildman–Crippen MR) is 134 cm³/mol. The van der Waals surface area contributed by atoms with Crippen molar-refractivity contribution in [2.45, 2.75) is 17.6 Å². The molecule has 7 nitrogen and oxygen atoms in total. The van der Waals surface area contributed by atoms with Crippen LogP contribution < -0.4 is 10.9 Å². The molecule has 0 bridgehead atoms. The molecule has 1 amide bonds. The molecule has 2 N–H and O–H groups in total. The summed E-state index contributed by atoms with van der Waals surface area (Å²) in [5.41, 5.74) is 3.67. The van der Waals surface area contributed by atoms with Gasteiger partial charge in [-0.15, -0.1) is 11.8 Å². The zero-order valence-corrected chi connectivity index (χ0v) is 19.2. The van der Waals surface area contributed by atoms with E-state index in [0.29, 0.717) is 34.3 Å². The van der Waals surface area contributed by atoms with E-state index in [1.807, 2.05) is 73.7 Å². The number of aromatic amines is 1. The number of nitrogens with one attached hydrogen (secondary N) is 2. The van der Waals surface area contributed by atoms with Crippen LogP contribution in [0.1, 0.15) is 21.6 Å². The molecule has 0 saturated carbocycles. The first-order valence-electron chi connectivity index (χ1n) is 10.7. The van der Waals surface area contributed by atoms with Gasteiger partial charge in [-0.05, 0) is 31.2 Å². The molecule has 2 heterocycles. The zero-order chi connectivity index (χ0) is 23.5. The van der Waals surface area contributed by atoms with Gasteiger partial charge in [0.15, 0.2) is 5.82 Å². The van der Waals surface area contributed by atoms with Gasteiger partial charge in [0.05, 0.1) is 11.4 Å². The molecule has 0 radical (unpaired) electrons. The number of carbonyl (C=O) groups excluding carboxylic acids is 1. The number of aryl methyl sites for hydroxylation is 1. The van der Waals surface area contributed by atoms with Gasteiger partial charge in [-0.3, -0.25) is 14.7 Å². The molecule has 0 atom stereocenters. The van der Waals surface area contributed by atoms with Gasteiger partial charge in [0.1, 0.15) is 0 Å². The molecule has 0 aliphatic rings. The minimum absolute atomic E-state index is 0.171. The van der Waals surface area contributed by atoms with Gasteiger partial charge in [-0.25, -0.2) is 4.98 Å². The number of amides is 1. The maximum absolute atomic E-state index is 12.7. The largest absolute Gasteiger partial charge is 0.321 e. The molecular weight excluding hydrogens is 446 g/mol. The Bertz CT molecular complexity index is 1520. The summed E-state index contributed by atoms with van der Waals surface area (Å²) in [6.07, 6.45) is 0. The van der Waals surface area contributed by atoms with Crippen molar-refractivity contribution in [2.24, 2.45) is 0 Å². The van der Waals surface area contributed by atoms with Crippen molar-refractivity contribution in [3.8, 4) is 11.4 Å². The Hall–Kier alpha value is -4.17. The second kappa shape index (κ2) is 9.36. The van der Waals surface area contributed by atoms with Crippen molar-refractivity contribution >= 4 is 29.1 Å². The van der Waals surface area contributed by atoms with Crippen LogP contribution in [0.4, 0.5) is 5.69 Å². The summed E-state index contributed by atoms with van der Waals surface area (Å²) in [7, 11) is 0. The van der Waals surface area contributed by atoms with E-state index in [9.17, 15) is 9.59 Å². The van der Waals surface area contributed by atoms with Crippen molar-refractivity contribution in [3.05, 3.63) is 112 Å². The maximum Gasteiger partial charge on any atom is 0.274 e. The highest BCUT2D eigenvalue weighted by atomic mass is 32.2. The lowest BCUT2D eigenvalue weighted by Gasteiger charge is -2.11. The standard InChI is InChI=1S/C26H21N5O2S/c1-17-11-13-19(14-12-17)25(33)28-21-9-5-6-10-22(21)34-16-20-15-23(32)31-26(27-20)29-24(30-31)18-7-3-2-4-8-18/h2-15H,16H2,1H3,(H,28,33)(H,27,29,30). The number of hydrogen-bond acceptors (Lipinski definition) is 5.